The number of amides is 1. The van der Waals surface area contributed by atoms with Crippen molar-refractivity contribution >= 4 is 24.3 Å². The van der Waals surface area contributed by atoms with E-state index in [4.69, 9.17) is 14.6 Å². The first-order valence-corrected chi connectivity index (χ1v) is 7.74. The summed E-state index contributed by atoms with van der Waals surface area (Å²) in [6.07, 6.45) is -0.00657. The van der Waals surface area contributed by atoms with Gasteiger partial charge in [0.25, 0.3) is 0 Å². The van der Waals surface area contributed by atoms with Crippen LogP contribution in [-0.4, -0.2) is 55.7 Å². The van der Waals surface area contributed by atoms with Gasteiger partial charge in [-0.2, -0.15) is 0 Å². The van der Waals surface area contributed by atoms with Crippen LogP contribution < -0.4 is 14.8 Å². The van der Waals surface area contributed by atoms with Gasteiger partial charge in [-0.25, -0.2) is 0 Å². The van der Waals surface area contributed by atoms with Crippen LogP contribution in [0.25, 0.3) is 0 Å². The number of hydrogen-bond acceptors (Lipinski definition) is 5. The third-order valence-electron chi connectivity index (χ3n) is 3.98. The summed E-state index contributed by atoms with van der Waals surface area (Å²) in [7, 11) is 4.88. The molecule has 8 heteroatoms. The van der Waals surface area contributed by atoms with Gasteiger partial charge in [0.05, 0.1) is 32.7 Å². The molecule has 0 radical (unpaired) electrons. The molecule has 1 aromatic rings. The summed E-state index contributed by atoms with van der Waals surface area (Å²) in [6.45, 7) is 3.91. The Bertz CT molecular complexity index is 582. The number of benzene rings is 1. The molecule has 2 unspecified atom stereocenters. The van der Waals surface area contributed by atoms with Crippen LogP contribution in [-0.2, 0) is 9.59 Å². The van der Waals surface area contributed by atoms with E-state index in [0.29, 0.717) is 18.0 Å². The highest BCUT2D eigenvalue weighted by Crippen LogP contribution is 2.29. The molecule has 0 aliphatic rings. The van der Waals surface area contributed by atoms with Crippen LogP contribution in [0.3, 0.4) is 0 Å². The minimum Gasteiger partial charge on any atom is -0.497 e. The molecule has 0 aromatic heterocycles. The Balaban J connectivity index is 0.00000576. The highest BCUT2D eigenvalue weighted by atomic mass is 35.5. The predicted molar refractivity (Wildman–Crippen MR) is 97.7 cm³/mol. The zero-order chi connectivity index (χ0) is 18.3. The number of ether oxygens (including phenoxy) is 2. The first-order valence-electron chi connectivity index (χ1n) is 7.74. The number of carbonyl (C=O) groups is 2. The number of aliphatic carboxylic acids is 1. The van der Waals surface area contributed by atoms with Crippen LogP contribution in [0, 0.1) is 0 Å². The average Bonchev–Trinajstić information content (AvgIpc) is 2.57. The van der Waals surface area contributed by atoms with Gasteiger partial charge < -0.3 is 19.9 Å². The van der Waals surface area contributed by atoms with Crippen molar-refractivity contribution in [3.63, 3.8) is 0 Å². The maximum atomic E-state index is 12.4. The Morgan fingerprint density at radius 3 is 2.40 bits per heavy atom. The van der Waals surface area contributed by atoms with Crippen LogP contribution in [0.15, 0.2) is 18.2 Å². The van der Waals surface area contributed by atoms with Crippen LogP contribution in [0.5, 0.6) is 11.5 Å². The lowest BCUT2D eigenvalue weighted by atomic mass is 10.1. The van der Waals surface area contributed by atoms with Crippen LogP contribution >= 0.6 is 12.4 Å². The molecule has 25 heavy (non-hydrogen) atoms. The van der Waals surface area contributed by atoms with E-state index >= 15 is 0 Å². The van der Waals surface area contributed by atoms with E-state index in [1.54, 1.807) is 45.2 Å². The van der Waals surface area contributed by atoms with E-state index in [0.717, 1.165) is 5.56 Å². The second-order valence-electron chi connectivity index (χ2n) is 5.64. The van der Waals surface area contributed by atoms with Crippen molar-refractivity contribution < 1.29 is 24.2 Å². The molecule has 0 bridgehead atoms. The van der Waals surface area contributed by atoms with E-state index in [2.05, 4.69) is 5.32 Å². The van der Waals surface area contributed by atoms with Crippen molar-refractivity contribution in [2.24, 2.45) is 0 Å². The molecule has 0 heterocycles. The molecule has 1 amide bonds. The Morgan fingerprint density at radius 1 is 1.24 bits per heavy atom. The molecule has 1 rings (SSSR count). The molecule has 0 saturated heterocycles. The summed E-state index contributed by atoms with van der Waals surface area (Å²) in [4.78, 5) is 24.7. The van der Waals surface area contributed by atoms with Gasteiger partial charge in [0.2, 0.25) is 5.91 Å². The number of carbonyl (C=O) groups excluding carboxylic acids is 1. The fraction of sp³-hybridized carbons (Fsp3) is 0.529. The zero-order valence-electron chi connectivity index (χ0n) is 15.2. The zero-order valence-corrected chi connectivity index (χ0v) is 16.1. The molecule has 0 fully saturated rings. The molecule has 0 saturated carbocycles. The van der Waals surface area contributed by atoms with Gasteiger partial charge in [-0.05, 0) is 39.1 Å². The largest absolute Gasteiger partial charge is 0.497 e. The molecule has 142 valence electrons. The predicted octanol–water partition coefficient (Wildman–Crippen LogP) is 2.10. The number of rotatable bonds is 9. The Hall–Kier alpha value is -1.99. The van der Waals surface area contributed by atoms with Crippen LogP contribution in [0.4, 0.5) is 0 Å². The molecular formula is C17H27ClN2O5. The number of hydrogen-bond donors (Lipinski definition) is 2. The molecule has 2 atom stereocenters. The standard InChI is InChI=1S/C17H26N2O5.ClH/c1-11(14-10-13(23-4)6-7-15(14)24-5)18-17(22)12(2)19(3)9-8-16(20)21;/h6-7,10-12H,8-9H2,1-5H3,(H,18,22)(H,20,21);1H. The minimum absolute atomic E-state index is 0. The van der Waals surface area contributed by atoms with Crippen molar-refractivity contribution in [2.45, 2.75) is 32.4 Å². The normalized spacial score (nSPS) is 12.7. The van der Waals surface area contributed by atoms with E-state index in [9.17, 15) is 9.59 Å². The second-order valence-corrected chi connectivity index (χ2v) is 5.64. The summed E-state index contributed by atoms with van der Waals surface area (Å²) < 4.78 is 10.6. The van der Waals surface area contributed by atoms with Crippen molar-refractivity contribution in [1.82, 2.24) is 10.2 Å². The number of carboxylic acid groups (broad SMARTS) is 1. The van der Waals surface area contributed by atoms with Gasteiger partial charge in [-0.15, -0.1) is 12.4 Å². The Morgan fingerprint density at radius 2 is 1.88 bits per heavy atom. The summed E-state index contributed by atoms with van der Waals surface area (Å²) in [5, 5.41) is 11.7. The van der Waals surface area contributed by atoms with Gasteiger partial charge in [0, 0.05) is 12.1 Å². The van der Waals surface area contributed by atoms with E-state index < -0.39 is 12.0 Å². The average molecular weight is 375 g/mol. The van der Waals surface area contributed by atoms with Gasteiger partial charge in [-0.3, -0.25) is 14.5 Å². The van der Waals surface area contributed by atoms with E-state index in [1.807, 2.05) is 13.0 Å². The lowest BCUT2D eigenvalue weighted by Crippen LogP contribution is -2.44. The number of nitrogens with zero attached hydrogens (tertiary/aromatic N) is 1. The maximum Gasteiger partial charge on any atom is 0.304 e. The number of carboxylic acids is 1. The molecule has 7 nitrogen and oxygen atoms in total. The van der Waals surface area contributed by atoms with E-state index in [-0.39, 0.29) is 30.8 Å². The quantitative estimate of drug-likeness (QED) is 0.688. The number of likely N-dealkylation sites (N-methyl/N-ethyl adjacent to an activating group) is 1. The van der Waals surface area contributed by atoms with Crippen molar-refractivity contribution in [1.29, 1.82) is 0 Å². The second kappa shape index (κ2) is 10.8. The number of nitrogens with one attached hydrogen (secondary N) is 1. The van der Waals surface area contributed by atoms with Crippen LogP contribution in [0.2, 0.25) is 0 Å². The smallest absolute Gasteiger partial charge is 0.304 e. The maximum absolute atomic E-state index is 12.4. The SMILES string of the molecule is COc1ccc(OC)c(C(C)NC(=O)C(C)N(C)CCC(=O)O)c1.Cl. The first kappa shape index (κ1) is 23.0. The van der Waals surface area contributed by atoms with Gasteiger partial charge in [0.1, 0.15) is 11.5 Å². The summed E-state index contributed by atoms with van der Waals surface area (Å²) >= 11 is 0. The third-order valence-corrected chi connectivity index (χ3v) is 3.98. The third kappa shape index (κ3) is 6.80. The molecule has 0 spiro atoms. The van der Waals surface area contributed by atoms with Crippen molar-refractivity contribution in [3.05, 3.63) is 23.8 Å². The molecule has 1 aromatic carbocycles. The fourth-order valence-corrected chi connectivity index (χ4v) is 2.26. The lowest BCUT2D eigenvalue weighted by Gasteiger charge is -2.25. The van der Waals surface area contributed by atoms with Crippen molar-refractivity contribution in [3.8, 4) is 11.5 Å². The summed E-state index contributed by atoms with van der Waals surface area (Å²) in [6, 6.07) is 4.68. The van der Waals surface area contributed by atoms with E-state index in [1.165, 1.54) is 0 Å². The molecule has 0 aliphatic heterocycles. The van der Waals surface area contributed by atoms with Crippen LogP contribution in [0.1, 0.15) is 31.9 Å². The highest BCUT2D eigenvalue weighted by molar-refractivity contribution is 5.85. The van der Waals surface area contributed by atoms with Gasteiger partial charge in [-0.1, -0.05) is 0 Å². The first-order chi connectivity index (χ1) is 11.3. The summed E-state index contributed by atoms with van der Waals surface area (Å²) in [5.41, 5.74) is 0.811. The minimum atomic E-state index is -0.885. The molecular weight excluding hydrogens is 348 g/mol. The monoisotopic (exact) mass is 374 g/mol. The summed E-state index contributed by atoms with van der Waals surface area (Å²) in [5.74, 6) is 0.276. The molecule has 0 aliphatic carbocycles. The molecule has 2 N–H and O–H groups in total. The van der Waals surface area contributed by atoms with Crippen molar-refractivity contribution in [2.75, 3.05) is 27.8 Å². The number of halogens is 1. The number of methoxy groups -OCH3 is 2. The topological polar surface area (TPSA) is 88.1 Å². The highest BCUT2D eigenvalue weighted by Gasteiger charge is 2.22. The van der Waals surface area contributed by atoms with Gasteiger partial charge in [0.15, 0.2) is 0 Å². The van der Waals surface area contributed by atoms with Gasteiger partial charge >= 0.3 is 5.97 Å². The Kier molecular flexibility index (Phi) is 9.93. The fourth-order valence-electron chi connectivity index (χ4n) is 2.26. The lowest BCUT2D eigenvalue weighted by molar-refractivity contribution is -0.138. The Labute approximate surface area is 154 Å².